The Morgan fingerprint density at radius 2 is 2.00 bits per heavy atom. The van der Waals surface area contributed by atoms with E-state index in [1.54, 1.807) is 7.05 Å². The Morgan fingerprint density at radius 1 is 1.29 bits per heavy atom. The Labute approximate surface area is 103 Å². The molecule has 17 heavy (non-hydrogen) atoms. The highest BCUT2D eigenvalue weighted by Gasteiger charge is 2.30. The molecule has 0 radical (unpaired) electrons. The van der Waals surface area contributed by atoms with E-state index < -0.39 is 0 Å². The predicted octanol–water partition coefficient (Wildman–Crippen LogP) is 0.956. The molecule has 1 amide bonds. The van der Waals surface area contributed by atoms with Crippen molar-refractivity contribution in [1.29, 1.82) is 0 Å². The number of ketones is 1. The molecule has 2 fully saturated rings. The van der Waals surface area contributed by atoms with Crippen molar-refractivity contribution in [3.05, 3.63) is 0 Å². The second-order valence-corrected chi connectivity index (χ2v) is 5.21. The lowest BCUT2D eigenvalue weighted by atomic mass is 9.89. The minimum atomic E-state index is 0.171. The molecule has 0 spiro atoms. The maximum Gasteiger partial charge on any atom is 0.222 e. The number of carbonyl (C=O) groups excluding carboxylic acids is 2. The molecule has 1 aliphatic carbocycles. The smallest absolute Gasteiger partial charge is 0.222 e. The van der Waals surface area contributed by atoms with Gasteiger partial charge in [0.1, 0.15) is 5.78 Å². The van der Waals surface area contributed by atoms with Crippen LogP contribution in [0.4, 0.5) is 0 Å². The number of Topliss-reactive ketones (excluding diaryl/α,β-unsaturated/α-hetero) is 1. The highest BCUT2D eigenvalue weighted by atomic mass is 16.1. The summed E-state index contributed by atoms with van der Waals surface area (Å²) in [4.78, 5) is 25.4. The average Bonchev–Trinajstić information content (AvgIpc) is 2.38. The summed E-state index contributed by atoms with van der Waals surface area (Å²) in [6, 6.07) is 0.446. The van der Waals surface area contributed by atoms with E-state index in [-0.39, 0.29) is 11.8 Å². The fourth-order valence-electron chi connectivity index (χ4n) is 3.04. The Balaban J connectivity index is 1.82. The number of rotatable bonds is 2. The second-order valence-electron chi connectivity index (χ2n) is 5.21. The number of nitrogens with one attached hydrogen (secondary N) is 1. The molecule has 1 unspecified atom stereocenters. The molecule has 1 N–H and O–H groups in total. The maximum atomic E-state index is 11.5. The number of hydrogen-bond donors (Lipinski definition) is 1. The van der Waals surface area contributed by atoms with E-state index >= 15 is 0 Å². The van der Waals surface area contributed by atoms with Gasteiger partial charge in [0.05, 0.1) is 0 Å². The van der Waals surface area contributed by atoms with Crippen molar-refractivity contribution in [2.45, 2.75) is 44.6 Å². The van der Waals surface area contributed by atoms with E-state index in [0.717, 1.165) is 51.6 Å². The van der Waals surface area contributed by atoms with Gasteiger partial charge in [0.15, 0.2) is 0 Å². The lowest BCUT2D eigenvalue weighted by molar-refractivity contribution is -0.127. The molecule has 2 aliphatic rings. The molecule has 2 rings (SSSR count). The molecule has 1 saturated carbocycles. The van der Waals surface area contributed by atoms with Gasteiger partial charge in [-0.05, 0) is 38.8 Å². The van der Waals surface area contributed by atoms with Crippen LogP contribution in [0, 0.1) is 5.92 Å². The summed E-state index contributed by atoms with van der Waals surface area (Å²) in [5, 5.41) is 2.72. The van der Waals surface area contributed by atoms with Gasteiger partial charge < -0.3 is 5.32 Å². The number of likely N-dealkylation sites (tertiary alicyclic amines) is 1. The summed E-state index contributed by atoms with van der Waals surface area (Å²) in [5.41, 5.74) is 0. The molecular formula is C13H22N2O2. The minimum Gasteiger partial charge on any atom is -0.359 e. The third kappa shape index (κ3) is 3.06. The van der Waals surface area contributed by atoms with Crippen molar-refractivity contribution in [3.8, 4) is 0 Å². The summed E-state index contributed by atoms with van der Waals surface area (Å²) in [6.45, 7) is 1.94. The highest BCUT2D eigenvalue weighted by molar-refractivity contribution is 5.80. The van der Waals surface area contributed by atoms with Gasteiger partial charge in [-0.2, -0.15) is 0 Å². The first-order valence-corrected chi connectivity index (χ1v) is 6.68. The van der Waals surface area contributed by atoms with E-state index in [9.17, 15) is 9.59 Å². The van der Waals surface area contributed by atoms with Crippen molar-refractivity contribution in [2.24, 2.45) is 5.92 Å². The van der Waals surface area contributed by atoms with E-state index in [2.05, 4.69) is 10.2 Å². The molecule has 4 nitrogen and oxygen atoms in total. The molecule has 4 heteroatoms. The standard InChI is InChI=1S/C13H22N2O2/c1-14-13(17)10-5-7-15(8-6-10)11-3-2-4-12(16)9-11/h10-11H,2-9H2,1H3,(H,14,17). The second kappa shape index (κ2) is 5.63. The molecule has 0 aromatic rings. The summed E-state index contributed by atoms with van der Waals surface area (Å²) < 4.78 is 0. The first-order chi connectivity index (χ1) is 8.20. The van der Waals surface area contributed by atoms with Crippen molar-refractivity contribution in [1.82, 2.24) is 10.2 Å². The van der Waals surface area contributed by atoms with E-state index in [1.807, 2.05) is 0 Å². The van der Waals surface area contributed by atoms with Crippen LogP contribution in [0.3, 0.4) is 0 Å². The molecule has 1 saturated heterocycles. The number of nitrogens with zero attached hydrogens (tertiary/aromatic N) is 1. The Hall–Kier alpha value is -0.900. The fourth-order valence-corrected chi connectivity index (χ4v) is 3.04. The van der Waals surface area contributed by atoms with Crippen LogP contribution in [-0.2, 0) is 9.59 Å². The largest absolute Gasteiger partial charge is 0.359 e. The van der Waals surface area contributed by atoms with Crippen LogP contribution in [0.2, 0.25) is 0 Å². The van der Waals surface area contributed by atoms with Crippen molar-refractivity contribution in [2.75, 3.05) is 20.1 Å². The zero-order valence-electron chi connectivity index (χ0n) is 10.6. The molecular weight excluding hydrogens is 216 g/mol. The summed E-state index contributed by atoms with van der Waals surface area (Å²) >= 11 is 0. The molecule has 1 heterocycles. The van der Waals surface area contributed by atoms with Gasteiger partial charge in [-0.3, -0.25) is 14.5 Å². The van der Waals surface area contributed by atoms with Crippen LogP contribution < -0.4 is 5.32 Å². The topological polar surface area (TPSA) is 49.4 Å². The summed E-state index contributed by atoms with van der Waals surface area (Å²) in [6.07, 6.45) is 5.56. The van der Waals surface area contributed by atoms with Crippen molar-refractivity contribution >= 4 is 11.7 Å². The van der Waals surface area contributed by atoms with Gasteiger partial charge in [-0.25, -0.2) is 0 Å². The molecule has 0 aromatic heterocycles. The Kier molecular flexibility index (Phi) is 4.15. The van der Waals surface area contributed by atoms with Crippen molar-refractivity contribution in [3.63, 3.8) is 0 Å². The first-order valence-electron chi connectivity index (χ1n) is 6.68. The van der Waals surface area contributed by atoms with Gasteiger partial charge in [0.2, 0.25) is 5.91 Å². The van der Waals surface area contributed by atoms with E-state index in [0.29, 0.717) is 11.8 Å². The third-order valence-corrected chi connectivity index (χ3v) is 4.12. The Morgan fingerprint density at radius 3 is 2.59 bits per heavy atom. The fraction of sp³-hybridized carbons (Fsp3) is 0.846. The number of hydrogen-bond acceptors (Lipinski definition) is 3. The predicted molar refractivity (Wildman–Crippen MR) is 65.6 cm³/mol. The van der Waals surface area contributed by atoms with Gasteiger partial charge in [-0.1, -0.05) is 0 Å². The lowest BCUT2D eigenvalue weighted by Gasteiger charge is -2.38. The molecule has 0 aromatic carbocycles. The average molecular weight is 238 g/mol. The number of carbonyl (C=O) groups is 2. The van der Waals surface area contributed by atoms with Crippen molar-refractivity contribution < 1.29 is 9.59 Å². The Bertz CT molecular complexity index is 296. The summed E-state index contributed by atoms with van der Waals surface area (Å²) in [7, 11) is 1.70. The first kappa shape index (κ1) is 12.6. The normalized spacial score (nSPS) is 28.1. The van der Waals surface area contributed by atoms with Crippen LogP contribution >= 0.6 is 0 Å². The molecule has 1 atom stereocenters. The third-order valence-electron chi connectivity index (χ3n) is 4.12. The molecule has 1 aliphatic heterocycles. The SMILES string of the molecule is CNC(=O)C1CCN(C2CCCC(=O)C2)CC1. The van der Waals surface area contributed by atoms with Crippen LogP contribution in [-0.4, -0.2) is 42.8 Å². The minimum absolute atomic E-state index is 0.171. The van der Waals surface area contributed by atoms with Gasteiger partial charge in [0, 0.05) is 31.8 Å². The van der Waals surface area contributed by atoms with E-state index in [4.69, 9.17) is 0 Å². The summed E-state index contributed by atoms with van der Waals surface area (Å²) in [5.74, 6) is 0.759. The van der Waals surface area contributed by atoms with Crippen LogP contribution in [0.25, 0.3) is 0 Å². The van der Waals surface area contributed by atoms with Crippen LogP contribution in [0.15, 0.2) is 0 Å². The van der Waals surface area contributed by atoms with Gasteiger partial charge >= 0.3 is 0 Å². The van der Waals surface area contributed by atoms with Crippen LogP contribution in [0.1, 0.15) is 38.5 Å². The zero-order valence-corrected chi connectivity index (χ0v) is 10.6. The monoisotopic (exact) mass is 238 g/mol. The van der Waals surface area contributed by atoms with Crippen LogP contribution in [0.5, 0.6) is 0 Å². The lowest BCUT2D eigenvalue weighted by Crippen LogP contribution is -2.46. The van der Waals surface area contributed by atoms with Gasteiger partial charge in [-0.15, -0.1) is 0 Å². The molecule has 0 bridgehead atoms. The van der Waals surface area contributed by atoms with Gasteiger partial charge in [0.25, 0.3) is 0 Å². The number of amides is 1. The maximum absolute atomic E-state index is 11.5. The number of piperidine rings is 1. The zero-order chi connectivity index (χ0) is 12.3. The highest BCUT2D eigenvalue weighted by Crippen LogP contribution is 2.25. The molecule has 96 valence electrons. The quantitative estimate of drug-likeness (QED) is 0.779. The van der Waals surface area contributed by atoms with E-state index in [1.165, 1.54) is 0 Å².